The maximum atomic E-state index is 13.7. The summed E-state index contributed by atoms with van der Waals surface area (Å²) in [4.78, 5) is 41.6. The van der Waals surface area contributed by atoms with Crippen molar-refractivity contribution in [2.24, 2.45) is 0 Å². The van der Waals surface area contributed by atoms with Crippen LogP contribution in [0.25, 0.3) is 11.1 Å². The molecular formula is C26H28ClN3O3S. The number of halogens is 1. The molecule has 178 valence electrons. The summed E-state index contributed by atoms with van der Waals surface area (Å²) in [5.74, 6) is -0.0664. The molecule has 1 heterocycles. The molecule has 8 heteroatoms. The second-order valence-electron chi connectivity index (χ2n) is 7.55. The summed E-state index contributed by atoms with van der Waals surface area (Å²) in [6.45, 7) is 5.19. The van der Waals surface area contributed by atoms with Gasteiger partial charge in [-0.1, -0.05) is 55.1 Å². The first-order valence-electron chi connectivity index (χ1n) is 10.8. The highest BCUT2D eigenvalue weighted by molar-refractivity contribution is 8.12. The topological polar surface area (TPSA) is 88.2 Å². The minimum atomic E-state index is -0.273. The number of nitrogens with one attached hydrogen (secondary N) is 2. The molecule has 1 atom stereocenters. The highest BCUT2D eigenvalue weighted by atomic mass is 35.5. The Hall–Kier alpha value is -3.16. The maximum absolute atomic E-state index is 13.7. The number of benzene rings is 2. The molecule has 0 aliphatic heterocycles. The molecule has 34 heavy (non-hydrogen) atoms. The van der Waals surface area contributed by atoms with Crippen molar-refractivity contribution >= 4 is 46.8 Å². The summed E-state index contributed by atoms with van der Waals surface area (Å²) in [7, 11) is 0. The fraction of sp³-hybridized carbons (Fsp3) is 0.231. The van der Waals surface area contributed by atoms with Gasteiger partial charge in [-0.25, -0.2) is 0 Å². The van der Waals surface area contributed by atoms with Gasteiger partial charge < -0.3 is 10.6 Å². The molecule has 6 nitrogen and oxygen atoms in total. The first-order chi connectivity index (χ1) is 15.9. The van der Waals surface area contributed by atoms with E-state index in [9.17, 15) is 14.4 Å². The van der Waals surface area contributed by atoms with Crippen molar-refractivity contribution in [3.8, 4) is 11.1 Å². The number of rotatable bonds is 8. The van der Waals surface area contributed by atoms with Crippen molar-refractivity contribution < 1.29 is 14.4 Å². The zero-order chi connectivity index (χ0) is 23.8. The highest BCUT2D eigenvalue weighted by Gasteiger charge is 2.23. The van der Waals surface area contributed by atoms with E-state index < -0.39 is 0 Å². The van der Waals surface area contributed by atoms with Crippen LogP contribution >= 0.6 is 24.2 Å². The van der Waals surface area contributed by atoms with Gasteiger partial charge in [0.15, 0.2) is 5.12 Å². The molecule has 0 saturated carbocycles. The van der Waals surface area contributed by atoms with E-state index in [1.165, 1.54) is 6.92 Å². The van der Waals surface area contributed by atoms with Crippen molar-refractivity contribution in [3.63, 3.8) is 0 Å². The third-order valence-electron chi connectivity index (χ3n) is 5.16. The number of amides is 2. The monoisotopic (exact) mass is 497 g/mol. The smallest absolute Gasteiger partial charge is 0.252 e. The SMILES string of the molecule is CCC(=O)Nc1ccc(CSC(C)=O)c(C(=O)NC(C)c2ccncc2)c1-c1ccccc1.Cl. The number of hydrogen-bond donors (Lipinski definition) is 2. The minimum absolute atomic E-state index is 0. The number of aromatic nitrogens is 1. The van der Waals surface area contributed by atoms with E-state index >= 15 is 0 Å². The Kier molecular flexibility index (Phi) is 10.3. The van der Waals surface area contributed by atoms with Crippen LogP contribution in [0.1, 0.15) is 54.7 Å². The van der Waals surface area contributed by atoms with Gasteiger partial charge in [0, 0.05) is 42.7 Å². The van der Waals surface area contributed by atoms with Crippen LogP contribution in [-0.4, -0.2) is 21.9 Å². The highest BCUT2D eigenvalue weighted by Crippen LogP contribution is 2.36. The molecule has 0 fully saturated rings. The number of pyridine rings is 1. The number of anilines is 1. The number of nitrogens with zero attached hydrogens (tertiary/aromatic N) is 1. The summed E-state index contributed by atoms with van der Waals surface area (Å²) < 4.78 is 0. The van der Waals surface area contributed by atoms with Crippen LogP contribution in [0.15, 0.2) is 67.0 Å². The van der Waals surface area contributed by atoms with Gasteiger partial charge in [0.25, 0.3) is 5.91 Å². The van der Waals surface area contributed by atoms with Gasteiger partial charge in [-0.05, 0) is 41.8 Å². The number of carbonyl (C=O) groups excluding carboxylic acids is 3. The standard InChI is InChI=1S/C26H27N3O3S.ClH/c1-4-23(31)29-22-11-10-21(16-33-18(3)30)25(24(22)20-8-6-5-7-9-20)26(32)28-17(2)19-12-14-27-15-13-19;/h5-15,17H,4,16H2,1-3H3,(H,28,32)(H,29,31);1H. The quantitative estimate of drug-likeness (QED) is 0.411. The van der Waals surface area contributed by atoms with Gasteiger partial charge in [0.05, 0.1) is 11.6 Å². The molecule has 2 amide bonds. The van der Waals surface area contributed by atoms with Crippen LogP contribution in [0.2, 0.25) is 0 Å². The Bertz CT molecular complexity index is 1140. The largest absolute Gasteiger partial charge is 0.345 e. The number of hydrogen-bond acceptors (Lipinski definition) is 5. The lowest BCUT2D eigenvalue weighted by atomic mass is 9.93. The molecule has 3 aromatic rings. The Morgan fingerprint density at radius 2 is 1.68 bits per heavy atom. The molecule has 1 aromatic heterocycles. The van der Waals surface area contributed by atoms with Gasteiger partial charge in [-0.2, -0.15) is 0 Å². The molecule has 0 bridgehead atoms. The predicted molar refractivity (Wildman–Crippen MR) is 140 cm³/mol. The second kappa shape index (κ2) is 12.9. The average Bonchev–Trinajstić information content (AvgIpc) is 2.83. The van der Waals surface area contributed by atoms with E-state index in [1.54, 1.807) is 31.5 Å². The Balaban J connectivity index is 0.00000408. The van der Waals surface area contributed by atoms with Crippen molar-refractivity contribution in [1.82, 2.24) is 10.3 Å². The zero-order valence-corrected chi connectivity index (χ0v) is 21.0. The van der Waals surface area contributed by atoms with Crippen LogP contribution in [0, 0.1) is 0 Å². The lowest BCUT2D eigenvalue weighted by molar-refractivity contribution is -0.116. The zero-order valence-electron chi connectivity index (χ0n) is 19.3. The summed E-state index contributed by atoms with van der Waals surface area (Å²) in [6.07, 6.45) is 3.68. The van der Waals surface area contributed by atoms with Crippen LogP contribution in [0.3, 0.4) is 0 Å². The van der Waals surface area contributed by atoms with Gasteiger partial charge in [0.2, 0.25) is 5.91 Å². The maximum Gasteiger partial charge on any atom is 0.252 e. The molecule has 0 radical (unpaired) electrons. The van der Waals surface area contributed by atoms with E-state index in [-0.39, 0.29) is 35.4 Å². The lowest BCUT2D eigenvalue weighted by Crippen LogP contribution is -2.28. The third kappa shape index (κ3) is 6.92. The summed E-state index contributed by atoms with van der Waals surface area (Å²) >= 11 is 1.14. The van der Waals surface area contributed by atoms with E-state index in [0.717, 1.165) is 28.5 Å². The molecule has 0 aliphatic carbocycles. The summed E-state index contributed by atoms with van der Waals surface area (Å²) in [5.41, 5.74) is 4.10. The minimum Gasteiger partial charge on any atom is -0.345 e. The first-order valence-corrected chi connectivity index (χ1v) is 11.7. The summed E-state index contributed by atoms with van der Waals surface area (Å²) in [5, 5.41) is 5.97. The van der Waals surface area contributed by atoms with E-state index in [0.29, 0.717) is 29.0 Å². The fourth-order valence-electron chi connectivity index (χ4n) is 3.46. The van der Waals surface area contributed by atoms with Crippen molar-refractivity contribution in [2.45, 2.75) is 39.0 Å². The number of carbonyl (C=O) groups is 3. The Labute approximate surface area is 210 Å². The van der Waals surface area contributed by atoms with Crippen LogP contribution in [0.4, 0.5) is 5.69 Å². The van der Waals surface area contributed by atoms with Crippen LogP contribution in [0.5, 0.6) is 0 Å². The lowest BCUT2D eigenvalue weighted by Gasteiger charge is -2.21. The van der Waals surface area contributed by atoms with Crippen LogP contribution < -0.4 is 10.6 Å². The van der Waals surface area contributed by atoms with Crippen molar-refractivity contribution in [3.05, 3.63) is 83.7 Å². The molecule has 2 aromatic carbocycles. The molecular weight excluding hydrogens is 470 g/mol. The second-order valence-corrected chi connectivity index (χ2v) is 8.70. The first kappa shape index (κ1) is 27.1. The fourth-order valence-corrected chi connectivity index (χ4v) is 4.06. The molecule has 3 rings (SSSR count). The van der Waals surface area contributed by atoms with Gasteiger partial charge in [-0.3, -0.25) is 19.4 Å². The van der Waals surface area contributed by atoms with Gasteiger partial charge in [-0.15, -0.1) is 12.4 Å². The Morgan fingerprint density at radius 3 is 2.29 bits per heavy atom. The van der Waals surface area contributed by atoms with Crippen LogP contribution in [-0.2, 0) is 15.3 Å². The third-order valence-corrected chi connectivity index (χ3v) is 6.02. The van der Waals surface area contributed by atoms with E-state index in [2.05, 4.69) is 15.6 Å². The van der Waals surface area contributed by atoms with E-state index in [4.69, 9.17) is 0 Å². The predicted octanol–water partition coefficient (Wildman–Crippen LogP) is 5.79. The molecule has 0 aliphatic rings. The molecule has 1 unspecified atom stereocenters. The van der Waals surface area contributed by atoms with Crippen molar-refractivity contribution in [2.75, 3.05) is 5.32 Å². The molecule has 0 saturated heterocycles. The van der Waals surface area contributed by atoms with Crippen molar-refractivity contribution in [1.29, 1.82) is 0 Å². The van der Waals surface area contributed by atoms with Gasteiger partial charge in [0.1, 0.15) is 0 Å². The van der Waals surface area contributed by atoms with Gasteiger partial charge >= 0.3 is 0 Å². The average molecular weight is 498 g/mol. The number of thioether (sulfide) groups is 1. The van der Waals surface area contributed by atoms with E-state index in [1.807, 2.05) is 49.4 Å². The summed E-state index contributed by atoms with van der Waals surface area (Å²) in [6, 6.07) is 16.5. The molecule has 0 spiro atoms. The normalized spacial score (nSPS) is 11.1. The molecule has 2 N–H and O–H groups in total. The Morgan fingerprint density at radius 1 is 1.00 bits per heavy atom.